The van der Waals surface area contributed by atoms with Gasteiger partial charge >= 0.3 is 0 Å². The Hall–Kier alpha value is -3.57. The van der Waals surface area contributed by atoms with Crippen molar-refractivity contribution in [3.63, 3.8) is 0 Å². The third-order valence-corrected chi connectivity index (χ3v) is 5.35. The zero-order valence-electron chi connectivity index (χ0n) is 18.0. The zero-order chi connectivity index (χ0) is 22.5. The van der Waals surface area contributed by atoms with E-state index >= 15 is 0 Å². The molecular weight excluding hydrogens is 422 g/mol. The van der Waals surface area contributed by atoms with Gasteiger partial charge in [-0.25, -0.2) is 0 Å². The van der Waals surface area contributed by atoms with Crippen LogP contribution in [-0.2, 0) is 13.2 Å². The number of carbonyl (C=O) groups is 1. The van der Waals surface area contributed by atoms with Crippen molar-refractivity contribution in [2.75, 3.05) is 5.32 Å². The minimum absolute atomic E-state index is 0.209. The number of nitrogens with one attached hydrogen (secondary N) is 1. The quantitative estimate of drug-likeness (QED) is 0.377. The molecule has 6 heteroatoms. The Labute approximate surface area is 192 Å². The van der Waals surface area contributed by atoms with Crippen molar-refractivity contribution in [3.8, 4) is 5.75 Å². The van der Waals surface area contributed by atoms with Crippen LogP contribution in [0.2, 0.25) is 5.02 Å². The number of nitrogens with zero attached hydrogens (tertiary/aromatic N) is 2. The molecule has 0 bridgehead atoms. The molecule has 32 heavy (non-hydrogen) atoms. The van der Waals surface area contributed by atoms with Gasteiger partial charge in [0.1, 0.15) is 12.4 Å². The van der Waals surface area contributed by atoms with E-state index in [-0.39, 0.29) is 5.91 Å². The summed E-state index contributed by atoms with van der Waals surface area (Å²) in [5.74, 6) is 1.09. The number of hydrogen-bond donors (Lipinski definition) is 1. The Balaban J connectivity index is 1.41. The van der Waals surface area contributed by atoms with Crippen LogP contribution in [0, 0.1) is 13.8 Å². The van der Waals surface area contributed by atoms with Gasteiger partial charge in [-0.05, 0) is 60.9 Å². The van der Waals surface area contributed by atoms with Crippen LogP contribution in [-0.4, -0.2) is 15.7 Å². The fraction of sp³-hybridized carbons (Fsp3) is 0.154. The molecule has 1 N–H and O–H groups in total. The molecule has 0 aliphatic carbocycles. The number of carbonyl (C=O) groups excluding carboxylic acids is 1. The fourth-order valence-corrected chi connectivity index (χ4v) is 3.64. The molecule has 0 fully saturated rings. The van der Waals surface area contributed by atoms with Crippen molar-refractivity contribution in [1.82, 2.24) is 9.78 Å². The summed E-state index contributed by atoms with van der Waals surface area (Å²) >= 11 is 6.00. The van der Waals surface area contributed by atoms with E-state index in [2.05, 4.69) is 22.5 Å². The van der Waals surface area contributed by atoms with Gasteiger partial charge in [0.2, 0.25) is 0 Å². The maximum absolute atomic E-state index is 12.8. The molecule has 162 valence electrons. The summed E-state index contributed by atoms with van der Waals surface area (Å²) in [6, 6.07) is 24.9. The predicted octanol–water partition coefficient (Wildman–Crippen LogP) is 6.03. The van der Waals surface area contributed by atoms with Crippen LogP contribution >= 0.6 is 11.6 Å². The smallest absolute Gasteiger partial charge is 0.256 e. The summed E-state index contributed by atoms with van der Waals surface area (Å²) in [4.78, 5) is 12.8. The number of ether oxygens (including phenoxy) is 1. The Bertz CT molecular complexity index is 1240. The molecule has 1 aromatic heterocycles. The number of anilines is 1. The average Bonchev–Trinajstić information content (AvgIpc) is 3.12. The molecule has 0 spiro atoms. The van der Waals surface area contributed by atoms with E-state index in [0.717, 1.165) is 28.1 Å². The number of aryl methyl sites for hydroxylation is 2. The van der Waals surface area contributed by atoms with E-state index in [1.54, 1.807) is 12.1 Å². The molecule has 5 nitrogen and oxygen atoms in total. The van der Waals surface area contributed by atoms with E-state index in [1.807, 2.05) is 73.1 Å². The molecular formula is C26H24ClN3O2. The van der Waals surface area contributed by atoms with Crippen molar-refractivity contribution in [1.29, 1.82) is 0 Å². The maximum Gasteiger partial charge on any atom is 0.256 e. The highest BCUT2D eigenvalue weighted by atomic mass is 35.5. The highest BCUT2D eigenvalue weighted by Crippen LogP contribution is 2.23. The predicted molar refractivity (Wildman–Crippen MR) is 127 cm³/mol. The van der Waals surface area contributed by atoms with Crippen molar-refractivity contribution in [2.45, 2.75) is 27.0 Å². The Morgan fingerprint density at radius 2 is 1.75 bits per heavy atom. The molecule has 1 heterocycles. The van der Waals surface area contributed by atoms with E-state index < -0.39 is 0 Å². The molecule has 0 unspecified atom stereocenters. The van der Waals surface area contributed by atoms with Crippen LogP contribution in [0.4, 0.5) is 5.82 Å². The molecule has 4 rings (SSSR count). The van der Waals surface area contributed by atoms with Crippen LogP contribution in [0.25, 0.3) is 0 Å². The zero-order valence-corrected chi connectivity index (χ0v) is 18.8. The van der Waals surface area contributed by atoms with Gasteiger partial charge in [-0.2, -0.15) is 5.10 Å². The van der Waals surface area contributed by atoms with Gasteiger partial charge in [0.25, 0.3) is 5.91 Å². The molecule has 0 aliphatic heterocycles. The Morgan fingerprint density at radius 1 is 0.969 bits per heavy atom. The van der Waals surface area contributed by atoms with Gasteiger partial charge in [0, 0.05) is 22.3 Å². The van der Waals surface area contributed by atoms with Gasteiger partial charge in [-0.15, -0.1) is 0 Å². The molecule has 0 radical (unpaired) electrons. The van der Waals surface area contributed by atoms with E-state index in [1.165, 1.54) is 0 Å². The first-order valence-electron chi connectivity index (χ1n) is 10.4. The number of rotatable bonds is 7. The Kier molecular flexibility index (Phi) is 6.57. The first-order chi connectivity index (χ1) is 15.5. The van der Waals surface area contributed by atoms with Crippen LogP contribution in [0.15, 0.2) is 78.9 Å². The third kappa shape index (κ3) is 5.37. The summed E-state index contributed by atoms with van der Waals surface area (Å²) in [5.41, 5.74) is 4.55. The van der Waals surface area contributed by atoms with Crippen molar-refractivity contribution in [2.24, 2.45) is 0 Å². The second-order valence-electron chi connectivity index (χ2n) is 7.67. The highest BCUT2D eigenvalue weighted by Gasteiger charge is 2.11. The largest absolute Gasteiger partial charge is 0.489 e. The maximum atomic E-state index is 12.8. The second kappa shape index (κ2) is 9.71. The van der Waals surface area contributed by atoms with E-state index in [0.29, 0.717) is 29.6 Å². The van der Waals surface area contributed by atoms with Crippen molar-refractivity contribution < 1.29 is 9.53 Å². The van der Waals surface area contributed by atoms with Gasteiger partial charge in [0.05, 0.1) is 6.54 Å². The fourth-order valence-electron chi connectivity index (χ4n) is 3.41. The lowest BCUT2D eigenvalue weighted by Gasteiger charge is -2.10. The average molecular weight is 446 g/mol. The van der Waals surface area contributed by atoms with E-state index in [9.17, 15) is 4.79 Å². The molecule has 0 saturated carbocycles. The SMILES string of the molecule is Cc1cc(Cl)ccc1OCc1cccc(C(=O)Nc2cc(C)n(Cc3ccccc3)n2)c1. The molecule has 3 aromatic carbocycles. The number of hydrogen-bond acceptors (Lipinski definition) is 3. The summed E-state index contributed by atoms with van der Waals surface area (Å²) < 4.78 is 7.78. The number of benzene rings is 3. The van der Waals surface area contributed by atoms with Gasteiger partial charge in [-0.3, -0.25) is 9.48 Å². The van der Waals surface area contributed by atoms with E-state index in [4.69, 9.17) is 16.3 Å². The minimum Gasteiger partial charge on any atom is -0.489 e. The molecule has 0 aliphatic rings. The first-order valence-corrected chi connectivity index (χ1v) is 10.7. The van der Waals surface area contributed by atoms with Gasteiger partial charge < -0.3 is 10.1 Å². The van der Waals surface area contributed by atoms with Crippen molar-refractivity contribution in [3.05, 3.63) is 112 Å². The highest BCUT2D eigenvalue weighted by molar-refractivity contribution is 6.30. The summed E-state index contributed by atoms with van der Waals surface area (Å²) in [5, 5.41) is 8.11. The van der Waals surface area contributed by atoms with Gasteiger partial charge in [-0.1, -0.05) is 54.1 Å². The summed E-state index contributed by atoms with van der Waals surface area (Å²) in [6.45, 7) is 4.93. The molecule has 0 atom stereocenters. The number of halogens is 1. The second-order valence-corrected chi connectivity index (χ2v) is 8.10. The van der Waals surface area contributed by atoms with Crippen molar-refractivity contribution >= 4 is 23.3 Å². The standard InChI is InChI=1S/C26H24ClN3O2/c1-18-13-23(27)11-12-24(18)32-17-21-9-6-10-22(15-21)26(31)28-25-14-19(2)30(29-25)16-20-7-4-3-5-8-20/h3-15H,16-17H2,1-2H3,(H,28,29,31). The Morgan fingerprint density at radius 3 is 2.53 bits per heavy atom. The topological polar surface area (TPSA) is 56.1 Å². The lowest BCUT2D eigenvalue weighted by atomic mass is 10.1. The van der Waals surface area contributed by atoms with Crippen LogP contribution in [0.3, 0.4) is 0 Å². The molecule has 1 amide bonds. The van der Waals surface area contributed by atoms with Crippen LogP contribution in [0.1, 0.15) is 32.7 Å². The number of amides is 1. The molecule has 4 aromatic rings. The van der Waals surface area contributed by atoms with Gasteiger partial charge in [0.15, 0.2) is 5.82 Å². The summed E-state index contributed by atoms with van der Waals surface area (Å²) in [6.07, 6.45) is 0. The molecule has 0 saturated heterocycles. The van der Waals surface area contributed by atoms with Crippen LogP contribution in [0.5, 0.6) is 5.75 Å². The van der Waals surface area contributed by atoms with Crippen LogP contribution < -0.4 is 10.1 Å². The number of aromatic nitrogens is 2. The third-order valence-electron chi connectivity index (χ3n) is 5.12. The summed E-state index contributed by atoms with van der Waals surface area (Å²) in [7, 11) is 0. The monoisotopic (exact) mass is 445 g/mol. The first kappa shape index (κ1) is 21.7. The minimum atomic E-state index is -0.209. The lowest BCUT2D eigenvalue weighted by Crippen LogP contribution is -2.13. The normalized spacial score (nSPS) is 10.7. The lowest BCUT2D eigenvalue weighted by molar-refractivity contribution is 0.102.